The van der Waals surface area contributed by atoms with Crippen LogP contribution in [0.3, 0.4) is 0 Å². The van der Waals surface area contributed by atoms with Crippen LogP contribution in [0.2, 0.25) is 0 Å². The van der Waals surface area contributed by atoms with Crippen LogP contribution in [0, 0.1) is 0 Å². The molecule has 0 aliphatic carbocycles. The third-order valence-electron chi connectivity index (χ3n) is 1.69. The van der Waals surface area contributed by atoms with Crippen molar-refractivity contribution in [1.29, 1.82) is 0 Å². The number of nitrogens with one attached hydrogen (secondary N) is 2. The Hall–Kier alpha value is 0.0800. The highest BCUT2D eigenvalue weighted by atomic mass is 31.2. The Kier molecular flexibility index (Phi) is 7.53. The second-order valence-electron chi connectivity index (χ2n) is 3.06. The Morgan fingerprint density at radius 2 is 1.46 bits per heavy atom. The molecule has 0 saturated heterocycles. The number of hydrogen-bond acceptors (Lipinski definition) is 1. The van der Waals surface area contributed by atoms with Crippen LogP contribution < -0.4 is 10.2 Å². The highest BCUT2D eigenvalue weighted by Crippen LogP contribution is 2.36. The van der Waals surface area contributed by atoms with Crippen molar-refractivity contribution in [3.05, 3.63) is 0 Å². The number of halogens is 1. The molecule has 0 unspecified atom stereocenters. The molecular formula is C8H20FN2OP. The fraction of sp³-hybridized carbons (Fsp3) is 1.00. The Balaban J connectivity index is 3.49. The fourth-order valence-electron chi connectivity index (χ4n) is 0.855. The average molecular weight is 210 g/mol. The molecule has 0 spiro atoms. The van der Waals surface area contributed by atoms with Crippen molar-refractivity contribution < 1.29 is 8.76 Å². The van der Waals surface area contributed by atoms with Crippen LogP contribution in [-0.2, 0) is 4.57 Å². The molecule has 0 rings (SSSR count). The zero-order valence-corrected chi connectivity index (χ0v) is 9.37. The second-order valence-corrected chi connectivity index (χ2v) is 4.75. The standard InChI is InChI=1S/C8H20FN2OP/c1-3-5-7-10-13(9,12)11-8-6-4-2/h3-8H2,1-2H3,(H2,10,11,12). The summed E-state index contributed by atoms with van der Waals surface area (Å²) in [4.78, 5) is 0. The molecule has 0 radical (unpaired) electrons. The van der Waals surface area contributed by atoms with E-state index in [2.05, 4.69) is 10.2 Å². The molecule has 0 bridgehead atoms. The van der Waals surface area contributed by atoms with Crippen LogP contribution >= 0.6 is 7.75 Å². The summed E-state index contributed by atoms with van der Waals surface area (Å²) in [7, 11) is -3.75. The van der Waals surface area contributed by atoms with E-state index in [0.717, 1.165) is 25.7 Å². The van der Waals surface area contributed by atoms with Gasteiger partial charge in [-0.2, -0.15) is 4.20 Å². The molecule has 0 atom stereocenters. The van der Waals surface area contributed by atoms with E-state index in [4.69, 9.17) is 0 Å². The molecule has 13 heavy (non-hydrogen) atoms. The minimum absolute atomic E-state index is 0.476. The van der Waals surface area contributed by atoms with Gasteiger partial charge in [0.15, 0.2) is 0 Å². The lowest BCUT2D eigenvalue weighted by molar-refractivity contribution is 0.506. The first kappa shape index (κ1) is 13.1. The third-order valence-corrected chi connectivity index (χ3v) is 2.95. The number of unbranched alkanes of at least 4 members (excludes halogenated alkanes) is 2. The van der Waals surface area contributed by atoms with Crippen LogP contribution in [0.4, 0.5) is 4.20 Å². The zero-order chi connectivity index (χ0) is 10.2. The van der Waals surface area contributed by atoms with Crippen molar-refractivity contribution in [2.45, 2.75) is 39.5 Å². The predicted octanol–water partition coefficient (Wildman–Crippen LogP) is 2.84. The summed E-state index contributed by atoms with van der Waals surface area (Å²) in [6.45, 7) is 4.97. The summed E-state index contributed by atoms with van der Waals surface area (Å²) in [5.74, 6) is 0. The molecule has 0 aromatic rings. The van der Waals surface area contributed by atoms with Gasteiger partial charge in [-0.25, -0.2) is 10.2 Å². The first-order valence-electron chi connectivity index (χ1n) is 4.92. The van der Waals surface area contributed by atoms with E-state index in [1.165, 1.54) is 0 Å². The van der Waals surface area contributed by atoms with Crippen LogP contribution in [0.25, 0.3) is 0 Å². The summed E-state index contributed by atoms with van der Waals surface area (Å²) < 4.78 is 24.1. The Morgan fingerprint density at radius 1 is 1.08 bits per heavy atom. The van der Waals surface area contributed by atoms with Gasteiger partial charge in [-0.1, -0.05) is 26.7 Å². The molecule has 80 valence electrons. The molecule has 0 fully saturated rings. The molecule has 0 aliphatic rings. The summed E-state index contributed by atoms with van der Waals surface area (Å²) in [6.07, 6.45) is 3.65. The highest BCUT2D eigenvalue weighted by Gasteiger charge is 2.17. The van der Waals surface area contributed by atoms with Crippen molar-refractivity contribution in [2.75, 3.05) is 13.1 Å². The minimum Gasteiger partial charge on any atom is -0.251 e. The monoisotopic (exact) mass is 210 g/mol. The molecule has 2 N–H and O–H groups in total. The van der Waals surface area contributed by atoms with E-state index in [-0.39, 0.29) is 0 Å². The van der Waals surface area contributed by atoms with Crippen LogP contribution in [0.1, 0.15) is 39.5 Å². The lowest BCUT2D eigenvalue weighted by Crippen LogP contribution is -2.21. The quantitative estimate of drug-likeness (QED) is 0.478. The maximum absolute atomic E-state index is 13.1. The smallest absolute Gasteiger partial charge is 0.251 e. The Morgan fingerprint density at radius 3 is 1.77 bits per heavy atom. The maximum atomic E-state index is 13.1. The second kappa shape index (κ2) is 7.48. The Labute approximate surface area is 80.1 Å². The lowest BCUT2D eigenvalue weighted by Gasteiger charge is -2.11. The van der Waals surface area contributed by atoms with Crippen molar-refractivity contribution in [2.24, 2.45) is 0 Å². The van der Waals surface area contributed by atoms with Gasteiger partial charge in [0.25, 0.3) is 0 Å². The van der Waals surface area contributed by atoms with Gasteiger partial charge in [0.2, 0.25) is 0 Å². The maximum Gasteiger partial charge on any atom is 0.377 e. The van der Waals surface area contributed by atoms with Gasteiger partial charge in [0.05, 0.1) is 0 Å². The van der Waals surface area contributed by atoms with Crippen molar-refractivity contribution in [1.82, 2.24) is 10.2 Å². The van der Waals surface area contributed by atoms with Crippen LogP contribution in [0.5, 0.6) is 0 Å². The van der Waals surface area contributed by atoms with Crippen LogP contribution in [0.15, 0.2) is 0 Å². The van der Waals surface area contributed by atoms with E-state index < -0.39 is 7.75 Å². The summed E-state index contributed by atoms with van der Waals surface area (Å²) >= 11 is 0. The number of rotatable bonds is 8. The normalized spacial score (nSPS) is 11.9. The fourth-order valence-corrected chi connectivity index (χ4v) is 1.86. The summed E-state index contributed by atoms with van der Waals surface area (Å²) in [5.41, 5.74) is 0. The third kappa shape index (κ3) is 8.41. The first-order valence-corrected chi connectivity index (χ1v) is 6.52. The first-order chi connectivity index (χ1) is 6.12. The van der Waals surface area contributed by atoms with Gasteiger partial charge in [-0.15, -0.1) is 0 Å². The molecule has 0 aromatic carbocycles. The molecule has 0 saturated carbocycles. The molecule has 0 aromatic heterocycles. The van der Waals surface area contributed by atoms with E-state index in [1.54, 1.807) is 0 Å². The SMILES string of the molecule is CCCCNP(=O)(F)NCCCC. The van der Waals surface area contributed by atoms with E-state index >= 15 is 0 Å². The van der Waals surface area contributed by atoms with Crippen molar-refractivity contribution in [3.8, 4) is 0 Å². The lowest BCUT2D eigenvalue weighted by atomic mass is 10.3. The molecule has 3 nitrogen and oxygen atoms in total. The van der Waals surface area contributed by atoms with Gasteiger partial charge >= 0.3 is 7.75 Å². The number of hydrogen-bond donors (Lipinski definition) is 2. The average Bonchev–Trinajstić information content (AvgIpc) is 2.05. The van der Waals surface area contributed by atoms with E-state index in [9.17, 15) is 8.76 Å². The van der Waals surface area contributed by atoms with Crippen LogP contribution in [-0.4, -0.2) is 13.1 Å². The van der Waals surface area contributed by atoms with Crippen molar-refractivity contribution >= 4 is 7.75 Å². The molecular weight excluding hydrogens is 190 g/mol. The van der Waals surface area contributed by atoms with Crippen molar-refractivity contribution in [3.63, 3.8) is 0 Å². The van der Waals surface area contributed by atoms with Gasteiger partial charge in [-0.05, 0) is 12.8 Å². The Bertz CT molecular complexity index is 152. The summed E-state index contributed by atoms with van der Waals surface area (Å²) in [5, 5.41) is 4.79. The van der Waals surface area contributed by atoms with E-state index in [0.29, 0.717) is 13.1 Å². The highest BCUT2D eigenvalue weighted by molar-refractivity contribution is 7.54. The molecule has 5 heteroatoms. The molecule has 0 heterocycles. The van der Waals surface area contributed by atoms with Gasteiger partial charge in [-0.3, -0.25) is 4.57 Å². The van der Waals surface area contributed by atoms with E-state index in [1.807, 2.05) is 13.8 Å². The zero-order valence-electron chi connectivity index (χ0n) is 8.48. The minimum atomic E-state index is -3.75. The van der Waals surface area contributed by atoms with Gasteiger partial charge in [0.1, 0.15) is 0 Å². The van der Waals surface area contributed by atoms with Gasteiger partial charge < -0.3 is 0 Å². The molecule has 0 amide bonds. The topological polar surface area (TPSA) is 41.1 Å². The predicted molar refractivity (Wildman–Crippen MR) is 54.5 cm³/mol. The molecule has 0 aliphatic heterocycles. The summed E-state index contributed by atoms with van der Waals surface area (Å²) in [6, 6.07) is 0. The largest absolute Gasteiger partial charge is 0.377 e. The van der Waals surface area contributed by atoms with Gasteiger partial charge in [0, 0.05) is 13.1 Å².